The van der Waals surface area contributed by atoms with E-state index in [1.54, 1.807) is 6.08 Å². The van der Waals surface area contributed by atoms with Gasteiger partial charge in [-0.15, -0.1) is 0 Å². The minimum absolute atomic E-state index is 0.0269. The fraction of sp³-hybridized carbons (Fsp3) is 0.400. The summed E-state index contributed by atoms with van der Waals surface area (Å²) in [6.07, 6.45) is 11.0. The van der Waals surface area contributed by atoms with Crippen LogP contribution in [0.4, 0.5) is 0 Å². The molecule has 1 atom stereocenters. The van der Waals surface area contributed by atoms with Crippen LogP contribution in [0.3, 0.4) is 0 Å². The van der Waals surface area contributed by atoms with E-state index in [-0.39, 0.29) is 11.8 Å². The van der Waals surface area contributed by atoms with Gasteiger partial charge in [-0.25, -0.2) is 4.52 Å². The maximum absolute atomic E-state index is 13.5. The highest BCUT2D eigenvalue weighted by Crippen LogP contribution is 2.34. The number of nitrogens with zero attached hydrogens (tertiary/aromatic N) is 5. The van der Waals surface area contributed by atoms with Crippen LogP contribution in [0.2, 0.25) is 0 Å². The zero-order valence-electron chi connectivity index (χ0n) is 19.2. The van der Waals surface area contributed by atoms with Gasteiger partial charge in [-0.1, -0.05) is 13.0 Å². The van der Waals surface area contributed by atoms with Crippen molar-refractivity contribution in [3.8, 4) is 0 Å². The highest BCUT2D eigenvalue weighted by molar-refractivity contribution is 5.98. The number of fused-ring (bicyclic) bond motifs is 2. The molecule has 0 aromatic carbocycles. The quantitative estimate of drug-likeness (QED) is 0.793. The van der Waals surface area contributed by atoms with Crippen LogP contribution in [0.1, 0.15) is 37.4 Å². The first kappa shape index (κ1) is 20.7. The number of rotatable bonds is 2. The highest BCUT2D eigenvalue weighted by atomic mass is 16.2. The van der Waals surface area contributed by atoms with Crippen molar-refractivity contribution in [3.63, 3.8) is 0 Å². The predicted octanol–water partition coefficient (Wildman–Crippen LogP) is 3.19. The van der Waals surface area contributed by atoms with Gasteiger partial charge in [0.05, 0.1) is 34.5 Å². The van der Waals surface area contributed by atoms with Crippen molar-refractivity contribution in [1.29, 1.82) is 0 Å². The van der Waals surface area contributed by atoms with Gasteiger partial charge in [0.25, 0.3) is 5.91 Å². The Labute approximate surface area is 188 Å². The number of piperazine rings is 1. The van der Waals surface area contributed by atoms with Gasteiger partial charge in [-0.05, 0) is 56.4 Å². The van der Waals surface area contributed by atoms with Gasteiger partial charge in [0.2, 0.25) is 0 Å². The van der Waals surface area contributed by atoms with Crippen molar-refractivity contribution >= 4 is 17.0 Å². The molecule has 32 heavy (non-hydrogen) atoms. The van der Waals surface area contributed by atoms with Crippen LogP contribution in [-0.2, 0) is 4.79 Å². The lowest BCUT2D eigenvalue weighted by Gasteiger charge is -2.35. The smallest absolute Gasteiger partial charge is 0.255 e. The summed E-state index contributed by atoms with van der Waals surface area (Å²) in [6, 6.07) is 2.05. The van der Waals surface area contributed by atoms with E-state index in [1.807, 2.05) is 41.7 Å². The van der Waals surface area contributed by atoms with Gasteiger partial charge in [0.15, 0.2) is 0 Å². The molecule has 5 rings (SSSR count). The summed E-state index contributed by atoms with van der Waals surface area (Å²) in [5, 5.41) is 8.19. The largest absolute Gasteiger partial charge is 0.368 e. The van der Waals surface area contributed by atoms with Crippen molar-refractivity contribution in [1.82, 2.24) is 29.7 Å². The first-order chi connectivity index (χ1) is 15.4. The van der Waals surface area contributed by atoms with Crippen LogP contribution in [0.5, 0.6) is 0 Å². The predicted molar refractivity (Wildman–Crippen MR) is 125 cm³/mol. The Balaban J connectivity index is 1.53. The molecule has 2 aromatic heterocycles. The number of hydrogen-bond acceptors (Lipinski definition) is 5. The Hall–Kier alpha value is -3.19. The molecule has 0 radical (unpaired) electrons. The standard InChI is InChI=1S/C25H30N6O/c1-16-5-6-23-17(2)11-20(29-9-7-26-8-10-29)15-30(23)25(32)12-21(16)22-13-24-19(4)27-18(3)14-31(24)28-22/h6,11-16,26H,5,7-10H2,1-4H3. The number of aryl methyl sites for hydroxylation is 2. The van der Waals surface area contributed by atoms with Gasteiger partial charge in [-0.2, -0.15) is 5.10 Å². The first-order valence-electron chi connectivity index (χ1n) is 11.4. The number of allylic oxidation sites excluding steroid dienone is 4. The molecule has 1 unspecified atom stereocenters. The monoisotopic (exact) mass is 430 g/mol. The zero-order valence-corrected chi connectivity index (χ0v) is 19.2. The van der Waals surface area contributed by atoms with E-state index in [1.165, 1.54) is 0 Å². The zero-order chi connectivity index (χ0) is 22.4. The van der Waals surface area contributed by atoms with E-state index in [9.17, 15) is 4.79 Å². The molecule has 1 fully saturated rings. The second-order valence-electron chi connectivity index (χ2n) is 8.98. The third-order valence-electron chi connectivity index (χ3n) is 6.54. The van der Waals surface area contributed by atoms with E-state index in [0.717, 1.165) is 77.7 Å². The molecule has 3 aliphatic rings. The lowest BCUT2D eigenvalue weighted by Crippen LogP contribution is -2.43. The molecule has 0 aliphatic carbocycles. The van der Waals surface area contributed by atoms with E-state index < -0.39 is 0 Å². The van der Waals surface area contributed by atoms with Crippen LogP contribution in [0, 0.1) is 19.8 Å². The van der Waals surface area contributed by atoms with Crippen LogP contribution in [0.15, 0.2) is 53.7 Å². The summed E-state index contributed by atoms with van der Waals surface area (Å²) < 4.78 is 1.88. The number of hydrogen-bond donors (Lipinski definition) is 1. The van der Waals surface area contributed by atoms with E-state index >= 15 is 0 Å². The maximum Gasteiger partial charge on any atom is 0.255 e. The summed E-state index contributed by atoms with van der Waals surface area (Å²) in [7, 11) is 0. The molecule has 0 bridgehead atoms. The maximum atomic E-state index is 13.5. The Morgan fingerprint density at radius 2 is 1.91 bits per heavy atom. The molecule has 7 heteroatoms. The van der Waals surface area contributed by atoms with Gasteiger partial charge < -0.3 is 10.2 Å². The Morgan fingerprint density at radius 1 is 1.12 bits per heavy atom. The third-order valence-corrected chi connectivity index (χ3v) is 6.54. The molecule has 2 aromatic rings. The molecular weight excluding hydrogens is 400 g/mol. The number of carbonyl (C=O) groups excluding carboxylic acids is 1. The summed E-state index contributed by atoms with van der Waals surface area (Å²) in [4.78, 5) is 22.2. The van der Waals surface area contributed by atoms with Crippen molar-refractivity contribution in [2.45, 2.75) is 34.1 Å². The van der Waals surface area contributed by atoms with E-state index in [4.69, 9.17) is 5.10 Å². The topological polar surface area (TPSA) is 65.8 Å². The number of amides is 1. The fourth-order valence-electron chi connectivity index (χ4n) is 4.78. The number of nitrogens with one attached hydrogen (secondary N) is 1. The summed E-state index contributed by atoms with van der Waals surface area (Å²) >= 11 is 0. The van der Waals surface area contributed by atoms with Crippen molar-refractivity contribution < 1.29 is 4.79 Å². The minimum Gasteiger partial charge on any atom is -0.368 e. The molecule has 0 spiro atoms. The van der Waals surface area contributed by atoms with Crippen molar-refractivity contribution in [2.24, 2.45) is 5.92 Å². The summed E-state index contributed by atoms with van der Waals surface area (Å²) in [5.41, 5.74) is 7.87. The van der Waals surface area contributed by atoms with Gasteiger partial charge in [0, 0.05) is 44.2 Å². The Kier molecular flexibility index (Phi) is 5.21. The Bertz CT molecular complexity index is 1210. The lowest BCUT2D eigenvalue weighted by molar-refractivity contribution is -0.122. The molecule has 1 saturated heterocycles. The second-order valence-corrected chi connectivity index (χ2v) is 8.98. The Morgan fingerprint density at radius 3 is 2.69 bits per heavy atom. The van der Waals surface area contributed by atoms with Crippen molar-refractivity contribution in [2.75, 3.05) is 26.2 Å². The third kappa shape index (κ3) is 3.66. The van der Waals surface area contributed by atoms with Gasteiger partial charge in [0.1, 0.15) is 0 Å². The molecular formula is C25H30N6O. The summed E-state index contributed by atoms with van der Waals surface area (Å²) in [6.45, 7) is 12.0. The van der Waals surface area contributed by atoms with Gasteiger partial charge in [-0.3, -0.25) is 14.7 Å². The molecule has 5 heterocycles. The molecule has 7 nitrogen and oxygen atoms in total. The SMILES string of the molecule is CC1=CC(N2CCNCC2)=CN2C(=O)C=C(c3cc4c(C)nc(C)cn4n3)C(C)CC=C12. The number of aromatic nitrogens is 3. The minimum atomic E-state index is -0.0269. The highest BCUT2D eigenvalue weighted by Gasteiger charge is 2.27. The second kappa shape index (κ2) is 8.06. The van der Waals surface area contributed by atoms with Crippen LogP contribution in [0.25, 0.3) is 11.1 Å². The first-order valence-corrected chi connectivity index (χ1v) is 11.4. The van der Waals surface area contributed by atoms with Crippen molar-refractivity contribution in [3.05, 3.63) is 70.7 Å². The molecule has 166 valence electrons. The van der Waals surface area contributed by atoms with E-state index in [2.05, 4.69) is 41.2 Å². The average molecular weight is 431 g/mol. The average Bonchev–Trinajstić information content (AvgIpc) is 3.19. The van der Waals surface area contributed by atoms with Gasteiger partial charge >= 0.3 is 0 Å². The summed E-state index contributed by atoms with van der Waals surface area (Å²) in [5.74, 6) is 0.153. The normalized spacial score (nSPS) is 22.0. The fourth-order valence-corrected chi connectivity index (χ4v) is 4.78. The lowest BCUT2D eigenvalue weighted by atomic mass is 9.91. The van der Waals surface area contributed by atoms with Crippen LogP contribution < -0.4 is 5.32 Å². The molecule has 0 saturated carbocycles. The van der Waals surface area contributed by atoms with E-state index in [0.29, 0.717) is 0 Å². The van der Waals surface area contributed by atoms with Crippen LogP contribution >= 0.6 is 0 Å². The number of carbonyl (C=O) groups is 1. The molecule has 1 amide bonds. The molecule has 1 N–H and O–H groups in total. The molecule has 3 aliphatic heterocycles. The van der Waals surface area contributed by atoms with Crippen LogP contribution in [-0.4, -0.2) is 56.5 Å².